The van der Waals surface area contributed by atoms with Crippen LogP contribution in [0, 0.1) is 11.8 Å². The van der Waals surface area contributed by atoms with Gasteiger partial charge in [-0.15, -0.1) is 0 Å². The molecule has 3 aliphatic carbocycles. The Kier molecular flexibility index (Phi) is 2.82. The van der Waals surface area contributed by atoms with Crippen LogP contribution in [-0.2, 0) is 9.59 Å². The molecule has 4 aliphatic rings. The Labute approximate surface area is 156 Å². The van der Waals surface area contributed by atoms with Crippen molar-refractivity contribution in [1.82, 2.24) is 4.98 Å². The van der Waals surface area contributed by atoms with E-state index in [1.54, 1.807) is 18.3 Å². The van der Waals surface area contributed by atoms with Crippen molar-refractivity contribution in [3.05, 3.63) is 95.2 Å². The molecule has 130 valence electrons. The molecule has 1 aromatic heterocycles. The summed E-state index contributed by atoms with van der Waals surface area (Å²) in [7, 11) is 0. The first-order valence-electron chi connectivity index (χ1n) is 9.24. The SMILES string of the molecule is O=C1[C@@H]2C3c4ccccc4C(c4ccccc43)[C@@H]2C(=O)N1c1ccccn1. The number of rotatable bonds is 1. The summed E-state index contributed by atoms with van der Waals surface area (Å²) in [5.41, 5.74) is 4.75. The number of benzene rings is 2. The minimum Gasteiger partial charge on any atom is -0.274 e. The number of hydrogen-bond donors (Lipinski definition) is 0. The van der Waals surface area contributed by atoms with Gasteiger partial charge in [0.2, 0.25) is 11.8 Å². The zero-order chi connectivity index (χ0) is 18.1. The molecule has 2 amide bonds. The highest BCUT2D eigenvalue weighted by atomic mass is 16.2. The van der Waals surface area contributed by atoms with E-state index in [9.17, 15) is 9.59 Å². The molecule has 0 saturated carbocycles. The van der Waals surface area contributed by atoms with Crippen LogP contribution in [0.4, 0.5) is 5.82 Å². The lowest BCUT2D eigenvalue weighted by molar-refractivity contribution is -0.122. The summed E-state index contributed by atoms with van der Waals surface area (Å²) in [5.74, 6) is -0.668. The molecule has 3 aromatic rings. The molecule has 0 N–H and O–H groups in total. The number of anilines is 1. The average molecular weight is 352 g/mol. The number of pyridine rings is 1. The fourth-order valence-electron chi connectivity index (χ4n) is 5.39. The third-order valence-corrected chi connectivity index (χ3v) is 6.33. The Bertz CT molecular complexity index is 993. The molecule has 1 saturated heterocycles. The van der Waals surface area contributed by atoms with E-state index < -0.39 is 0 Å². The van der Waals surface area contributed by atoms with Crippen molar-refractivity contribution in [1.29, 1.82) is 0 Å². The van der Waals surface area contributed by atoms with Crippen LogP contribution >= 0.6 is 0 Å². The average Bonchev–Trinajstić information content (AvgIpc) is 3.00. The van der Waals surface area contributed by atoms with Gasteiger partial charge in [-0.05, 0) is 34.4 Å². The first-order valence-corrected chi connectivity index (χ1v) is 9.24. The monoisotopic (exact) mass is 352 g/mol. The molecule has 7 rings (SSSR count). The van der Waals surface area contributed by atoms with Gasteiger partial charge in [0, 0.05) is 18.0 Å². The zero-order valence-electron chi connectivity index (χ0n) is 14.4. The third-order valence-electron chi connectivity index (χ3n) is 6.33. The Hall–Kier alpha value is -3.27. The highest BCUT2D eigenvalue weighted by Gasteiger charge is 2.61. The number of carbonyl (C=O) groups excluding carboxylic acids is 2. The van der Waals surface area contributed by atoms with E-state index >= 15 is 0 Å². The van der Waals surface area contributed by atoms with Crippen LogP contribution in [0.15, 0.2) is 72.9 Å². The Balaban J connectivity index is 1.60. The minimum atomic E-state index is -0.352. The number of aromatic nitrogens is 1. The summed E-state index contributed by atoms with van der Waals surface area (Å²) in [6.07, 6.45) is 1.62. The van der Waals surface area contributed by atoms with Gasteiger partial charge in [0.15, 0.2) is 0 Å². The van der Waals surface area contributed by atoms with Gasteiger partial charge < -0.3 is 0 Å². The molecule has 4 nitrogen and oxygen atoms in total. The fourth-order valence-corrected chi connectivity index (χ4v) is 5.39. The van der Waals surface area contributed by atoms with Crippen LogP contribution in [0.2, 0.25) is 0 Å². The lowest BCUT2D eigenvalue weighted by Crippen LogP contribution is -2.41. The number of carbonyl (C=O) groups is 2. The summed E-state index contributed by atoms with van der Waals surface area (Å²) in [6.45, 7) is 0. The molecule has 27 heavy (non-hydrogen) atoms. The van der Waals surface area contributed by atoms with Crippen molar-refractivity contribution >= 4 is 17.6 Å². The second-order valence-corrected chi connectivity index (χ2v) is 7.46. The van der Waals surface area contributed by atoms with Crippen LogP contribution in [0.5, 0.6) is 0 Å². The molecule has 2 heterocycles. The van der Waals surface area contributed by atoms with E-state index in [0.717, 1.165) is 0 Å². The van der Waals surface area contributed by atoms with E-state index in [1.807, 2.05) is 30.3 Å². The molecule has 1 aliphatic heterocycles. The quantitative estimate of drug-likeness (QED) is 0.630. The van der Waals surface area contributed by atoms with Gasteiger partial charge >= 0.3 is 0 Å². The normalized spacial score (nSPS) is 27.3. The van der Waals surface area contributed by atoms with Crippen molar-refractivity contribution in [3.63, 3.8) is 0 Å². The van der Waals surface area contributed by atoms with E-state index in [2.05, 4.69) is 29.2 Å². The third kappa shape index (κ3) is 1.75. The highest BCUT2D eigenvalue weighted by molar-refractivity contribution is 6.23. The lowest BCUT2D eigenvalue weighted by atomic mass is 9.55. The summed E-state index contributed by atoms with van der Waals surface area (Å²) in [4.78, 5) is 32.4. The van der Waals surface area contributed by atoms with Crippen LogP contribution in [0.25, 0.3) is 0 Å². The fraction of sp³-hybridized carbons (Fsp3) is 0.174. The Morgan fingerprint density at radius 3 is 1.48 bits per heavy atom. The van der Waals surface area contributed by atoms with E-state index in [4.69, 9.17) is 0 Å². The van der Waals surface area contributed by atoms with Crippen LogP contribution < -0.4 is 4.90 Å². The molecule has 1 fully saturated rings. The van der Waals surface area contributed by atoms with Gasteiger partial charge in [-0.3, -0.25) is 9.59 Å². The van der Waals surface area contributed by atoms with Crippen LogP contribution in [0.3, 0.4) is 0 Å². The molecule has 2 aromatic carbocycles. The molecule has 0 spiro atoms. The molecular formula is C23H16N2O2. The summed E-state index contributed by atoms with van der Waals surface area (Å²) < 4.78 is 0. The largest absolute Gasteiger partial charge is 0.274 e. The van der Waals surface area contributed by atoms with Gasteiger partial charge in [-0.1, -0.05) is 54.6 Å². The predicted octanol–water partition coefficient (Wildman–Crippen LogP) is 3.48. The number of imide groups is 1. The van der Waals surface area contributed by atoms with Crippen molar-refractivity contribution in [2.75, 3.05) is 4.90 Å². The summed E-state index contributed by atoms with van der Waals surface area (Å²) >= 11 is 0. The second kappa shape index (κ2) is 5.13. The molecule has 2 atom stereocenters. The maximum absolute atomic E-state index is 13.4. The molecule has 0 radical (unpaired) electrons. The number of nitrogens with zero attached hydrogens (tertiary/aromatic N) is 2. The van der Waals surface area contributed by atoms with E-state index in [1.165, 1.54) is 27.2 Å². The lowest BCUT2D eigenvalue weighted by Gasteiger charge is -2.45. The van der Waals surface area contributed by atoms with Gasteiger partial charge in [0.05, 0.1) is 11.8 Å². The van der Waals surface area contributed by atoms with Gasteiger partial charge in [0.25, 0.3) is 0 Å². The molecule has 2 bridgehead atoms. The summed E-state index contributed by atoms with van der Waals surface area (Å²) in [6, 6.07) is 21.9. The van der Waals surface area contributed by atoms with E-state index in [-0.39, 0.29) is 35.5 Å². The van der Waals surface area contributed by atoms with Crippen molar-refractivity contribution in [3.8, 4) is 0 Å². The van der Waals surface area contributed by atoms with Gasteiger partial charge in [0.1, 0.15) is 5.82 Å². The second-order valence-electron chi connectivity index (χ2n) is 7.46. The van der Waals surface area contributed by atoms with E-state index in [0.29, 0.717) is 5.82 Å². The molecular weight excluding hydrogens is 336 g/mol. The highest BCUT2D eigenvalue weighted by Crippen LogP contribution is 2.61. The maximum Gasteiger partial charge on any atom is 0.239 e. The molecule has 0 unspecified atom stereocenters. The van der Waals surface area contributed by atoms with Crippen molar-refractivity contribution in [2.45, 2.75) is 11.8 Å². The standard InChI is InChI=1S/C23H16N2O2/c26-22-20-18-13-7-1-2-8-14(13)19(16-10-4-3-9-15(16)18)21(20)23(27)25(22)17-11-5-6-12-24-17/h1-12,18-21H/t18?,19?,20-,21+. The minimum absolute atomic E-state index is 0.0717. The van der Waals surface area contributed by atoms with Crippen molar-refractivity contribution < 1.29 is 9.59 Å². The Morgan fingerprint density at radius 1 is 0.630 bits per heavy atom. The topological polar surface area (TPSA) is 50.3 Å². The number of hydrogen-bond acceptors (Lipinski definition) is 3. The maximum atomic E-state index is 13.4. The van der Waals surface area contributed by atoms with Crippen molar-refractivity contribution in [2.24, 2.45) is 11.8 Å². The summed E-state index contributed by atoms with van der Waals surface area (Å²) in [5, 5.41) is 0. The van der Waals surface area contributed by atoms with Crippen LogP contribution in [-0.4, -0.2) is 16.8 Å². The Morgan fingerprint density at radius 2 is 1.07 bits per heavy atom. The first-order chi connectivity index (χ1) is 13.3. The predicted molar refractivity (Wildman–Crippen MR) is 100 cm³/mol. The first kappa shape index (κ1) is 14.9. The smallest absolute Gasteiger partial charge is 0.239 e. The van der Waals surface area contributed by atoms with Crippen LogP contribution in [0.1, 0.15) is 34.1 Å². The molecule has 4 heteroatoms. The zero-order valence-corrected chi connectivity index (χ0v) is 14.4. The number of amides is 2. The van der Waals surface area contributed by atoms with Gasteiger partial charge in [-0.2, -0.15) is 0 Å². The van der Waals surface area contributed by atoms with Gasteiger partial charge in [-0.25, -0.2) is 9.88 Å².